The van der Waals surface area contributed by atoms with Crippen molar-refractivity contribution in [3.63, 3.8) is 0 Å². The molecule has 1 amide bonds. The van der Waals surface area contributed by atoms with Crippen molar-refractivity contribution in [1.29, 1.82) is 0 Å². The van der Waals surface area contributed by atoms with Gasteiger partial charge >= 0.3 is 5.97 Å². The van der Waals surface area contributed by atoms with E-state index < -0.39 is 5.97 Å². The van der Waals surface area contributed by atoms with Gasteiger partial charge in [-0.1, -0.05) is 11.6 Å². The molecule has 0 heterocycles. The van der Waals surface area contributed by atoms with E-state index in [1.807, 2.05) is 0 Å². The highest BCUT2D eigenvalue weighted by atomic mass is 35.5. The fourth-order valence-corrected chi connectivity index (χ4v) is 1.19. The topological polar surface area (TPSA) is 66.4 Å². The van der Waals surface area contributed by atoms with Gasteiger partial charge in [0.25, 0.3) is 0 Å². The molecule has 0 saturated heterocycles. The second-order valence-electron chi connectivity index (χ2n) is 2.71. The molecular formula is C9H8ClNO3S. The molecule has 1 aromatic carbocycles. The minimum Gasteiger partial charge on any atom is -0.478 e. The summed E-state index contributed by atoms with van der Waals surface area (Å²) in [5.74, 6) is -1.41. The van der Waals surface area contributed by atoms with Crippen LogP contribution in [0.25, 0.3) is 0 Å². The quantitative estimate of drug-likeness (QED) is 0.713. The van der Waals surface area contributed by atoms with Crippen molar-refractivity contribution in [2.24, 2.45) is 0 Å². The fourth-order valence-electron chi connectivity index (χ4n) is 0.944. The van der Waals surface area contributed by atoms with E-state index in [1.165, 1.54) is 18.2 Å². The van der Waals surface area contributed by atoms with Crippen molar-refractivity contribution in [1.82, 2.24) is 0 Å². The largest absolute Gasteiger partial charge is 0.478 e. The van der Waals surface area contributed by atoms with E-state index in [-0.39, 0.29) is 27.9 Å². The predicted molar refractivity (Wildman–Crippen MR) is 60.9 cm³/mol. The van der Waals surface area contributed by atoms with E-state index >= 15 is 0 Å². The molecule has 0 aliphatic rings. The van der Waals surface area contributed by atoms with Crippen LogP contribution < -0.4 is 5.32 Å². The third-order valence-electron chi connectivity index (χ3n) is 1.63. The lowest BCUT2D eigenvalue weighted by Gasteiger charge is -2.06. The molecule has 0 saturated carbocycles. The number of anilines is 1. The maximum Gasteiger partial charge on any atom is 0.335 e. The third-order valence-corrected chi connectivity index (χ3v) is 2.25. The molecule has 1 aromatic rings. The van der Waals surface area contributed by atoms with E-state index in [1.54, 1.807) is 0 Å². The first-order chi connectivity index (χ1) is 7.04. The molecule has 0 radical (unpaired) electrons. The maximum absolute atomic E-state index is 11.0. The van der Waals surface area contributed by atoms with Gasteiger partial charge in [-0.15, -0.1) is 0 Å². The van der Waals surface area contributed by atoms with Crippen LogP contribution in [0.1, 0.15) is 10.4 Å². The zero-order chi connectivity index (χ0) is 11.4. The van der Waals surface area contributed by atoms with E-state index in [9.17, 15) is 9.59 Å². The van der Waals surface area contributed by atoms with Gasteiger partial charge in [0.15, 0.2) is 0 Å². The Balaban J connectivity index is 3.00. The smallest absolute Gasteiger partial charge is 0.335 e. The first-order valence-electron chi connectivity index (χ1n) is 3.98. The summed E-state index contributed by atoms with van der Waals surface area (Å²) in [5, 5.41) is 11.5. The molecule has 4 nitrogen and oxygen atoms in total. The predicted octanol–water partition coefficient (Wildman–Crippen LogP) is 1.91. The van der Waals surface area contributed by atoms with Gasteiger partial charge < -0.3 is 10.4 Å². The maximum atomic E-state index is 11.0. The molecular weight excluding hydrogens is 238 g/mol. The highest BCUT2D eigenvalue weighted by Crippen LogP contribution is 2.23. The normalized spacial score (nSPS) is 9.73. The van der Waals surface area contributed by atoms with Crippen LogP contribution >= 0.6 is 24.2 Å². The number of amides is 1. The molecule has 6 heteroatoms. The summed E-state index contributed by atoms with van der Waals surface area (Å²) < 4.78 is 0. The molecule has 80 valence electrons. The van der Waals surface area contributed by atoms with E-state index in [4.69, 9.17) is 16.7 Å². The summed E-state index contributed by atoms with van der Waals surface area (Å²) in [6.07, 6.45) is 0. The molecule has 0 atom stereocenters. The van der Waals surface area contributed by atoms with Crippen molar-refractivity contribution in [2.45, 2.75) is 0 Å². The third kappa shape index (κ3) is 3.14. The number of hydrogen-bond acceptors (Lipinski definition) is 3. The molecule has 0 aliphatic carbocycles. The number of benzene rings is 1. The standard InChI is InChI=1S/C9H8ClNO3S/c10-6-2-1-5(9(13)14)3-7(6)11-8(12)4-15/h1-3,15H,4H2,(H,11,12)(H,13,14). The van der Waals surface area contributed by atoms with Crippen LogP contribution in [0.2, 0.25) is 5.02 Å². The first-order valence-corrected chi connectivity index (χ1v) is 4.99. The Morgan fingerprint density at radius 3 is 2.67 bits per heavy atom. The SMILES string of the molecule is O=C(CS)Nc1cc(C(=O)O)ccc1Cl. The van der Waals surface area contributed by atoms with Gasteiger partial charge in [-0.2, -0.15) is 12.6 Å². The summed E-state index contributed by atoms with van der Waals surface area (Å²) in [6.45, 7) is 0. The lowest BCUT2D eigenvalue weighted by molar-refractivity contribution is -0.113. The van der Waals surface area contributed by atoms with E-state index in [0.29, 0.717) is 0 Å². The van der Waals surface area contributed by atoms with Crippen LogP contribution in [0.4, 0.5) is 5.69 Å². The van der Waals surface area contributed by atoms with Gasteiger partial charge in [-0.3, -0.25) is 4.79 Å². The van der Waals surface area contributed by atoms with Crippen LogP contribution in [-0.2, 0) is 4.79 Å². The van der Waals surface area contributed by atoms with Gasteiger partial charge in [0.05, 0.1) is 22.0 Å². The van der Waals surface area contributed by atoms with Crippen molar-refractivity contribution < 1.29 is 14.7 Å². The van der Waals surface area contributed by atoms with Crippen molar-refractivity contribution >= 4 is 41.8 Å². The van der Waals surface area contributed by atoms with Crippen LogP contribution in [0.3, 0.4) is 0 Å². The molecule has 0 spiro atoms. The molecule has 1 rings (SSSR count). The molecule has 0 aromatic heterocycles. The van der Waals surface area contributed by atoms with Crippen molar-refractivity contribution in [3.05, 3.63) is 28.8 Å². The summed E-state index contributed by atoms with van der Waals surface area (Å²) in [4.78, 5) is 21.7. The molecule has 15 heavy (non-hydrogen) atoms. The summed E-state index contributed by atoms with van der Waals surface area (Å²) >= 11 is 9.54. The first kappa shape index (κ1) is 11.9. The molecule has 0 aliphatic heterocycles. The minimum absolute atomic E-state index is 0.00757. The second kappa shape index (κ2) is 5.04. The highest BCUT2D eigenvalue weighted by molar-refractivity contribution is 7.81. The van der Waals surface area contributed by atoms with E-state index in [0.717, 1.165) is 0 Å². The summed E-state index contributed by atoms with van der Waals surface area (Å²) in [5.41, 5.74) is 0.337. The van der Waals surface area contributed by atoms with Crippen molar-refractivity contribution in [2.75, 3.05) is 11.1 Å². The molecule has 0 fully saturated rings. The number of carbonyl (C=O) groups excluding carboxylic acids is 1. The Hall–Kier alpha value is -1.20. The van der Waals surface area contributed by atoms with Gasteiger partial charge in [0.1, 0.15) is 0 Å². The number of rotatable bonds is 3. The summed E-state index contributed by atoms with van der Waals surface area (Å²) in [6, 6.07) is 4.08. The zero-order valence-electron chi connectivity index (χ0n) is 7.53. The Morgan fingerprint density at radius 2 is 2.13 bits per heavy atom. The monoisotopic (exact) mass is 245 g/mol. The average molecular weight is 246 g/mol. The lowest BCUT2D eigenvalue weighted by atomic mass is 10.2. The fraction of sp³-hybridized carbons (Fsp3) is 0.111. The number of nitrogens with one attached hydrogen (secondary N) is 1. The van der Waals surface area contributed by atoms with Crippen LogP contribution in [0.15, 0.2) is 18.2 Å². The van der Waals surface area contributed by atoms with Crippen LogP contribution in [-0.4, -0.2) is 22.7 Å². The Bertz CT molecular complexity index is 408. The molecule has 2 N–H and O–H groups in total. The number of carbonyl (C=O) groups is 2. The Labute approximate surface area is 96.7 Å². The van der Waals surface area contributed by atoms with Crippen LogP contribution in [0.5, 0.6) is 0 Å². The number of carboxylic acid groups (broad SMARTS) is 1. The Morgan fingerprint density at radius 1 is 1.47 bits per heavy atom. The zero-order valence-corrected chi connectivity index (χ0v) is 9.18. The van der Waals surface area contributed by atoms with Crippen LogP contribution in [0, 0.1) is 0 Å². The number of halogens is 1. The number of aromatic carboxylic acids is 1. The van der Waals surface area contributed by atoms with Gasteiger partial charge in [-0.05, 0) is 18.2 Å². The molecule has 0 bridgehead atoms. The van der Waals surface area contributed by atoms with E-state index in [2.05, 4.69) is 17.9 Å². The number of thiol groups is 1. The number of carboxylic acids is 1. The second-order valence-corrected chi connectivity index (χ2v) is 3.43. The minimum atomic E-state index is -1.08. The number of hydrogen-bond donors (Lipinski definition) is 3. The highest BCUT2D eigenvalue weighted by Gasteiger charge is 2.08. The summed E-state index contributed by atoms with van der Waals surface area (Å²) in [7, 11) is 0. The average Bonchev–Trinajstić information content (AvgIpc) is 2.20. The molecule has 0 unspecified atom stereocenters. The van der Waals surface area contributed by atoms with Gasteiger partial charge in [0.2, 0.25) is 5.91 Å². The van der Waals surface area contributed by atoms with Gasteiger partial charge in [0, 0.05) is 0 Å². The van der Waals surface area contributed by atoms with Gasteiger partial charge in [-0.25, -0.2) is 4.79 Å². The lowest BCUT2D eigenvalue weighted by Crippen LogP contribution is -2.13. The van der Waals surface area contributed by atoms with Crippen molar-refractivity contribution in [3.8, 4) is 0 Å². The Kier molecular flexibility index (Phi) is 3.99.